The summed E-state index contributed by atoms with van der Waals surface area (Å²) in [6.45, 7) is 3.88. The van der Waals surface area contributed by atoms with Gasteiger partial charge in [0.05, 0.1) is 12.7 Å². The van der Waals surface area contributed by atoms with Crippen LogP contribution in [-0.4, -0.2) is 40.9 Å². The van der Waals surface area contributed by atoms with Gasteiger partial charge in [0.15, 0.2) is 0 Å². The van der Waals surface area contributed by atoms with Gasteiger partial charge in [-0.25, -0.2) is 4.39 Å². The lowest BCUT2D eigenvalue weighted by Crippen LogP contribution is -2.43. The van der Waals surface area contributed by atoms with Crippen molar-refractivity contribution in [3.8, 4) is 0 Å². The zero-order chi connectivity index (χ0) is 15.4. The third-order valence-electron chi connectivity index (χ3n) is 4.26. The number of nitrogens with zero attached hydrogens (tertiary/aromatic N) is 3. The zero-order valence-corrected chi connectivity index (χ0v) is 13.0. The fourth-order valence-electron chi connectivity index (χ4n) is 3.04. The standard InChI is InChI=1S/C17H23FN4/c1-19-17-3-2-8-21(13-17)10-15-9-20-22(12-15)11-14-4-6-16(18)7-5-14/h4-7,9,12,17,19H,2-3,8,10-11,13H2,1H3. The summed E-state index contributed by atoms with van der Waals surface area (Å²) < 4.78 is 14.8. The summed E-state index contributed by atoms with van der Waals surface area (Å²) in [7, 11) is 2.04. The van der Waals surface area contributed by atoms with Crippen LogP contribution in [-0.2, 0) is 13.1 Å². The third kappa shape index (κ3) is 3.93. The molecule has 2 heterocycles. The summed E-state index contributed by atoms with van der Waals surface area (Å²) in [5.41, 5.74) is 2.29. The maximum absolute atomic E-state index is 12.9. The van der Waals surface area contributed by atoms with Crippen molar-refractivity contribution in [3.05, 3.63) is 53.6 Å². The van der Waals surface area contributed by atoms with Crippen LogP contribution in [0.25, 0.3) is 0 Å². The van der Waals surface area contributed by atoms with Crippen molar-refractivity contribution in [1.29, 1.82) is 0 Å². The first-order chi connectivity index (χ1) is 10.7. The lowest BCUT2D eigenvalue weighted by Gasteiger charge is -2.32. The molecule has 1 saturated heterocycles. The van der Waals surface area contributed by atoms with Crippen LogP contribution in [0.4, 0.5) is 4.39 Å². The molecule has 2 aromatic rings. The molecule has 1 aliphatic heterocycles. The van der Waals surface area contributed by atoms with Gasteiger partial charge in [-0.05, 0) is 44.1 Å². The van der Waals surface area contributed by atoms with Crippen molar-refractivity contribution in [1.82, 2.24) is 20.0 Å². The van der Waals surface area contributed by atoms with E-state index in [0.717, 1.165) is 25.2 Å². The smallest absolute Gasteiger partial charge is 0.123 e. The summed E-state index contributed by atoms with van der Waals surface area (Å²) >= 11 is 0. The highest BCUT2D eigenvalue weighted by atomic mass is 19.1. The average Bonchev–Trinajstić information content (AvgIpc) is 2.97. The first-order valence-corrected chi connectivity index (χ1v) is 7.88. The zero-order valence-electron chi connectivity index (χ0n) is 13.0. The number of benzene rings is 1. The number of likely N-dealkylation sites (N-methyl/N-ethyl adjacent to an activating group) is 1. The lowest BCUT2D eigenvalue weighted by atomic mass is 10.1. The summed E-state index contributed by atoms with van der Waals surface area (Å²) in [6, 6.07) is 7.19. The lowest BCUT2D eigenvalue weighted by molar-refractivity contribution is 0.188. The molecule has 22 heavy (non-hydrogen) atoms. The summed E-state index contributed by atoms with van der Waals surface area (Å²) in [5, 5.41) is 7.79. The van der Waals surface area contributed by atoms with Crippen LogP contribution < -0.4 is 5.32 Å². The van der Waals surface area contributed by atoms with Gasteiger partial charge >= 0.3 is 0 Å². The summed E-state index contributed by atoms with van der Waals surface area (Å²) in [5.74, 6) is -0.200. The molecule has 0 bridgehead atoms. The molecule has 5 heteroatoms. The number of aromatic nitrogens is 2. The topological polar surface area (TPSA) is 33.1 Å². The van der Waals surface area contributed by atoms with Gasteiger partial charge in [-0.3, -0.25) is 9.58 Å². The number of piperidine rings is 1. The number of likely N-dealkylation sites (tertiary alicyclic amines) is 1. The van der Waals surface area contributed by atoms with E-state index in [9.17, 15) is 4.39 Å². The first kappa shape index (κ1) is 15.2. The van der Waals surface area contributed by atoms with Crippen molar-refractivity contribution in [2.75, 3.05) is 20.1 Å². The molecule has 0 saturated carbocycles. The number of rotatable bonds is 5. The molecule has 3 rings (SSSR count). The maximum Gasteiger partial charge on any atom is 0.123 e. The van der Waals surface area contributed by atoms with Crippen LogP contribution in [0.15, 0.2) is 36.7 Å². The fraction of sp³-hybridized carbons (Fsp3) is 0.471. The molecule has 0 aliphatic carbocycles. The number of nitrogens with one attached hydrogen (secondary N) is 1. The predicted molar refractivity (Wildman–Crippen MR) is 85.1 cm³/mol. The molecule has 1 fully saturated rings. The Labute approximate surface area is 130 Å². The van der Waals surface area contributed by atoms with E-state index in [1.165, 1.54) is 30.5 Å². The SMILES string of the molecule is CNC1CCCN(Cc2cnn(Cc3ccc(F)cc3)c2)C1. The largest absolute Gasteiger partial charge is 0.316 e. The summed E-state index contributed by atoms with van der Waals surface area (Å²) in [4.78, 5) is 2.48. The van der Waals surface area contributed by atoms with Crippen LogP contribution in [0.1, 0.15) is 24.0 Å². The highest BCUT2D eigenvalue weighted by Gasteiger charge is 2.18. The van der Waals surface area contributed by atoms with E-state index >= 15 is 0 Å². The minimum absolute atomic E-state index is 0.200. The molecule has 4 nitrogen and oxygen atoms in total. The molecule has 1 N–H and O–H groups in total. The Morgan fingerprint density at radius 2 is 2.05 bits per heavy atom. The van der Waals surface area contributed by atoms with E-state index in [2.05, 4.69) is 21.5 Å². The van der Waals surface area contributed by atoms with Gasteiger partial charge < -0.3 is 5.32 Å². The van der Waals surface area contributed by atoms with Gasteiger partial charge in [0, 0.05) is 30.9 Å². The molecule has 1 aromatic heterocycles. The predicted octanol–water partition coefficient (Wildman–Crippen LogP) is 2.25. The van der Waals surface area contributed by atoms with Crippen LogP contribution in [0.2, 0.25) is 0 Å². The van der Waals surface area contributed by atoms with Gasteiger partial charge in [-0.1, -0.05) is 12.1 Å². The van der Waals surface area contributed by atoms with Gasteiger partial charge in [0.2, 0.25) is 0 Å². The third-order valence-corrected chi connectivity index (χ3v) is 4.26. The second kappa shape index (κ2) is 7.03. The van der Waals surface area contributed by atoms with Crippen molar-refractivity contribution in [2.24, 2.45) is 0 Å². The molecule has 0 spiro atoms. The maximum atomic E-state index is 12.9. The minimum Gasteiger partial charge on any atom is -0.316 e. The number of halogens is 1. The molecule has 118 valence electrons. The van der Waals surface area contributed by atoms with Gasteiger partial charge in [-0.2, -0.15) is 5.10 Å². The van der Waals surface area contributed by atoms with E-state index in [1.54, 1.807) is 12.1 Å². The Bertz CT molecular complexity index is 593. The van der Waals surface area contributed by atoms with E-state index in [-0.39, 0.29) is 5.82 Å². The Balaban J connectivity index is 1.58. The minimum atomic E-state index is -0.200. The van der Waals surface area contributed by atoms with Crippen LogP contribution >= 0.6 is 0 Å². The Morgan fingerprint density at radius 1 is 1.23 bits per heavy atom. The van der Waals surface area contributed by atoms with Gasteiger partial charge in [0.1, 0.15) is 5.82 Å². The molecule has 0 radical (unpaired) electrons. The molecular formula is C17H23FN4. The van der Waals surface area contributed by atoms with Gasteiger partial charge in [0.25, 0.3) is 0 Å². The average molecular weight is 302 g/mol. The van der Waals surface area contributed by atoms with E-state index < -0.39 is 0 Å². The highest BCUT2D eigenvalue weighted by Crippen LogP contribution is 2.13. The molecular weight excluding hydrogens is 279 g/mol. The van der Waals surface area contributed by atoms with Crippen molar-refractivity contribution in [3.63, 3.8) is 0 Å². The van der Waals surface area contributed by atoms with E-state index in [4.69, 9.17) is 0 Å². The second-order valence-corrected chi connectivity index (χ2v) is 6.04. The van der Waals surface area contributed by atoms with Gasteiger partial charge in [-0.15, -0.1) is 0 Å². The van der Waals surface area contributed by atoms with E-state index in [0.29, 0.717) is 12.6 Å². The number of hydrogen-bond donors (Lipinski definition) is 1. The quantitative estimate of drug-likeness (QED) is 0.919. The van der Waals surface area contributed by atoms with Crippen molar-refractivity contribution in [2.45, 2.75) is 32.0 Å². The molecule has 1 aromatic carbocycles. The Kier molecular flexibility index (Phi) is 4.85. The first-order valence-electron chi connectivity index (χ1n) is 7.88. The molecule has 1 aliphatic rings. The van der Waals surface area contributed by atoms with Crippen LogP contribution in [0.3, 0.4) is 0 Å². The second-order valence-electron chi connectivity index (χ2n) is 6.04. The summed E-state index contributed by atoms with van der Waals surface area (Å²) in [6.07, 6.45) is 6.53. The van der Waals surface area contributed by atoms with Crippen molar-refractivity contribution < 1.29 is 4.39 Å². The van der Waals surface area contributed by atoms with Crippen LogP contribution in [0, 0.1) is 5.82 Å². The Hall–Kier alpha value is -1.72. The normalized spacial score (nSPS) is 19.5. The number of hydrogen-bond acceptors (Lipinski definition) is 3. The highest BCUT2D eigenvalue weighted by molar-refractivity contribution is 5.16. The molecule has 1 unspecified atom stereocenters. The molecule has 1 atom stereocenters. The van der Waals surface area contributed by atoms with Crippen molar-refractivity contribution >= 4 is 0 Å². The monoisotopic (exact) mass is 302 g/mol. The van der Waals surface area contributed by atoms with Crippen LogP contribution in [0.5, 0.6) is 0 Å². The Morgan fingerprint density at radius 3 is 2.82 bits per heavy atom. The fourth-order valence-corrected chi connectivity index (χ4v) is 3.04. The molecule has 0 amide bonds. The van der Waals surface area contributed by atoms with E-state index in [1.807, 2.05) is 17.9 Å².